The van der Waals surface area contributed by atoms with Gasteiger partial charge in [-0.3, -0.25) is 14.5 Å². The Kier molecular flexibility index (Phi) is 7.65. The van der Waals surface area contributed by atoms with Gasteiger partial charge in [0.1, 0.15) is 5.82 Å². The fourth-order valence-electron chi connectivity index (χ4n) is 4.78. The van der Waals surface area contributed by atoms with Crippen LogP contribution in [0.3, 0.4) is 0 Å². The standard InChI is InChI=1S/C28H24ClN5O2S2/c1-2-16-6-8-18(9-7-16)24-20(14-30)26(31)34(21-4-3-5-22(35)25(21)24)27-32-33-28(38-27)37-15-23(36)17-10-12-19(29)13-11-17/h6-13,24H,2-5,15,31H2,1H3. The van der Waals surface area contributed by atoms with Crippen LogP contribution in [0.1, 0.15) is 53.6 Å². The van der Waals surface area contributed by atoms with Crippen molar-refractivity contribution in [2.24, 2.45) is 5.73 Å². The van der Waals surface area contributed by atoms with Crippen molar-refractivity contribution >= 4 is 51.4 Å². The number of hydrogen-bond acceptors (Lipinski definition) is 9. The van der Waals surface area contributed by atoms with Gasteiger partial charge in [0.05, 0.1) is 23.3 Å². The predicted molar refractivity (Wildman–Crippen MR) is 150 cm³/mol. The van der Waals surface area contributed by atoms with Crippen LogP contribution in [0.5, 0.6) is 0 Å². The summed E-state index contributed by atoms with van der Waals surface area (Å²) in [5.41, 5.74) is 11.0. The van der Waals surface area contributed by atoms with E-state index in [-0.39, 0.29) is 23.1 Å². The van der Waals surface area contributed by atoms with Gasteiger partial charge in [-0.05, 0) is 54.7 Å². The third-order valence-electron chi connectivity index (χ3n) is 6.71. The molecule has 7 nitrogen and oxygen atoms in total. The van der Waals surface area contributed by atoms with Crippen LogP contribution < -0.4 is 10.6 Å². The van der Waals surface area contributed by atoms with Crippen molar-refractivity contribution in [2.75, 3.05) is 10.7 Å². The summed E-state index contributed by atoms with van der Waals surface area (Å²) in [6, 6.07) is 17.0. The number of halogens is 1. The van der Waals surface area contributed by atoms with Crippen LogP contribution >= 0.6 is 34.7 Å². The Labute approximate surface area is 234 Å². The van der Waals surface area contributed by atoms with E-state index in [1.165, 1.54) is 28.7 Å². The van der Waals surface area contributed by atoms with Crippen LogP contribution in [0.4, 0.5) is 5.13 Å². The molecule has 1 aliphatic heterocycles. The third kappa shape index (κ3) is 4.99. The summed E-state index contributed by atoms with van der Waals surface area (Å²) in [5, 5.41) is 19.8. The molecular formula is C28H24ClN5O2S2. The zero-order chi connectivity index (χ0) is 26.8. The first kappa shape index (κ1) is 26.2. The Morgan fingerprint density at radius 1 is 1.18 bits per heavy atom. The highest BCUT2D eigenvalue weighted by atomic mass is 35.5. The van der Waals surface area contributed by atoms with E-state index < -0.39 is 5.92 Å². The normalized spacial score (nSPS) is 17.4. The van der Waals surface area contributed by atoms with E-state index in [0.717, 1.165) is 17.7 Å². The van der Waals surface area contributed by atoms with Gasteiger partial charge in [-0.1, -0.05) is 65.9 Å². The summed E-state index contributed by atoms with van der Waals surface area (Å²) < 4.78 is 0.593. The largest absolute Gasteiger partial charge is 0.384 e. The predicted octanol–water partition coefficient (Wildman–Crippen LogP) is 6.03. The van der Waals surface area contributed by atoms with E-state index in [0.29, 0.717) is 50.5 Å². The lowest BCUT2D eigenvalue weighted by molar-refractivity contribution is -0.116. The number of aromatic nitrogens is 2. The molecule has 2 aromatic carbocycles. The monoisotopic (exact) mass is 561 g/mol. The summed E-state index contributed by atoms with van der Waals surface area (Å²) >= 11 is 8.48. The average molecular weight is 562 g/mol. The molecule has 1 aromatic heterocycles. The summed E-state index contributed by atoms with van der Waals surface area (Å²) in [6.45, 7) is 2.08. The first-order valence-electron chi connectivity index (χ1n) is 12.2. The van der Waals surface area contributed by atoms with Crippen molar-refractivity contribution in [1.29, 1.82) is 5.26 Å². The van der Waals surface area contributed by atoms with E-state index in [4.69, 9.17) is 17.3 Å². The Bertz CT molecular complexity index is 1500. The average Bonchev–Trinajstić information content (AvgIpc) is 3.40. The van der Waals surface area contributed by atoms with Gasteiger partial charge >= 0.3 is 0 Å². The molecule has 3 aromatic rings. The van der Waals surface area contributed by atoms with Gasteiger partial charge in [-0.2, -0.15) is 5.26 Å². The Morgan fingerprint density at radius 3 is 2.61 bits per heavy atom. The van der Waals surface area contributed by atoms with Gasteiger partial charge in [0.2, 0.25) is 5.13 Å². The highest BCUT2D eigenvalue weighted by molar-refractivity contribution is 8.01. The summed E-state index contributed by atoms with van der Waals surface area (Å²) in [7, 11) is 0. The maximum absolute atomic E-state index is 13.3. The smallest absolute Gasteiger partial charge is 0.219 e. The molecule has 1 atom stereocenters. The Balaban J connectivity index is 1.46. The molecule has 1 unspecified atom stereocenters. The molecule has 0 saturated carbocycles. The lowest BCUT2D eigenvalue weighted by Crippen LogP contribution is -2.38. The number of allylic oxidation sites excluding steroid dienone is 3. The maximum Gasteiger partial charge on any atom is 0.219 e. The molecular weight excluding hydrogens is 538 g/mol. The topological polar surface area (TPSA) is 113 Å². The second-order valence-corrected chi connectivity index (χ2v) is 11.6. The van der Waals surface area contributed by atoms with Crippen molar-refractivity contribution in [3.63, 3.8) is 0 Å². The van der Waals surface area contributed by atoms with Crippen LogP contribution in [0.2, 0.25) is 5.02 Å². The Hall–Kier alpha value is -3.45. The zero-order valence-electron chi connectivity index (χ0n) is 20.6. The summed E-state index contributed by atoms with van der Waals surface area (Å²) in [4.78, 5) is 27.6. The second-order valence-electron chi connectivity index (χ2n) is 8.98. The van der Waals surface area contributed by atoms with Crippen molar-refractivity contribution < 1.29 is 9.59 Å². The van der Waals surface area contributed by atoms with Crippen LogP contribution in [0.25, 0.3) is 0 Å². The maximum atomic E-state index is 13.3. The zero-order valence-corrected chi connectivity index (χ0v) is 23.0. The van der Waals surface area contributed by atoms with Gasteiger partial charge in [-0.15, -0.1) is 10.2 Å². The number of nitrogens with two attached hydrogens (primary N) is 1. The molecule has 0 bridgehead atoms. The van der Waals surface area contributed by atoms with Crippen molar-refractivity contribution in [3.05, 3.63) is 92.9 Å². The minimum Gasteiger partial charge on any atom is -0.384 e. The van der Waals surface area contributed by atoms with Gasteiger partial charge in [0.25, 0.3) is 0 Å². The quantitative estimate of drug-likeness (QED) is 0.274. The number of aryl methyl sites for hydroxylation is 1. The number of carbonyl (C=O) groups excluding carboxylic acids is 2. The molecule has 5 rings (SSSR count). The molecule has 2 heterocycles. The van der Waals surface area contributed by atoms with Crippen molar-refractivity contribution in [2.45, 2.75) is 42.9 Å². The molecule has 10 heteroatoms. The molecule has 38 heavy (non-hydrogen) atoms. The van der Waals surface area contributed by atoms with Crippen LogP contribution in [-0.2, 0) is 11.2 Å². The lowest BCUT2D eigenvalue weighted by atomic mass is 9.75. The summed E-state index contributed by atoms with van der Waals surface area (Å²) in [6.07, 6.45) is 2.66. The van der Waals surface area contributed by atoms with Gasteiger partial charge in [0.15, 0.2) is 15.9 Å². The number of nitrogens with zero attached hydrogens (tertiary/aromatic N) is 4. The number of anilines is 1. The molecule has 1 aliphatic carbocycles. The fraction of sp³-hybridized carbons (Fsp3) is 0.250. The number of rotatable bonds is 7. The number of Topliss-reactive ketones (excluding diaryl/α,β-unsaturated/α-hetero) is 2. The minimum atomic E-state index is -0.510. The van der Waals surface area contributed by atoms with Crippen molar-refractivity contribution in [1.82, 2.24) is 10.2 Å². The molecule has 2 N–H and O–H groups in total. The molecule has 192 valence electrons. The third-order valence-corrected chi connectivity index (χ3v) is 9.01. The van der Waals surface area contributed by atoms with Gasteiger partial charge in [-0.25, -0.2) is 0 Å². The number of benzene rings is 2. The molecule has 0 saturated heterocycles. The molecule has 0 amide bonds. The SMILES string of the molecule is CCc1ccc(C2C(C#N)=C(N)N(c3nnc(SCC(=O)c4ccc(Cl)cc4)s3)C3=C2C(=O)CCC3)cc1. The van der Waals surface area contributed by atoms with E-state index in [2.05, 4.69) is 23.2 Å². The number of carbonyl (C=O) groups is 2. The van der Waals surface area contributed by atoms with Crippen LogP contribution in [0.15, 0.2) is 75.5 Å². The van der Waals surface area contributed by atoms with E-state index in [9.17, 15) is 14.9 Å². The van der Waals surface area contributed by atoms with Gasteiger partial charge < -0.3 is 5.73 Å². The highest BCUT2D eigenvalue weighted by Crippen LogP contribution is 2.47. The van der Waals surface area contributed by atoms with Crippen LogP contribution in [0, 0.1) is 11.3 Å². The van der Waals surface area contributed by atoms with E-state index >= 15 is 0 Å². The highest BCUT2D eigenvalue weighted by Gasteiger charge is 2.41. The number of hydrogen-bond donors (Lipinski definition) is 1. The van der Waals surface area contributed by atoms with Crippen LogP contribution in [-0.4, -0.2) is 27.5 Å². The minimum absolute atomic E-state index is 0.0220. The number of ketones is 2. The lowest BCUT2D eigenvalue weighted by Gasteiger charge is -2.38. The first-order valence-corrected chi connectivity index (χ1v) is 14.4. The van der Waals surface area contributed by atoms with Crippen molar-refractivity contribution in [3.8, 4) is 6.07 Å². The molecule has 0 fully saturated rings. The van der Waals surface area contributed by atoms with E-state index in [1.54, 1.807) is 29.2 Å². The fourth-order valence-corrected chi connectivity index (χ4v) is 6.68. The first-order chi connectivity index (χ1) is 18.4. The second kappa shape index (κ2) is 11.1. The molecule has 0 radical (unpaired) electrons. The number of thioether (sulfide) groups is 1. The molecule has 2 aliphatic rings. The van der Waals surface area contributed by atoms with Gasteiger partial charge in [0, 0.05) is 28.3 Å². The molecule has 0 spiro atoms. The van der Waals surface area contributed by atoms with E-state index in [1.807, 2.05) is 24.3 Å². The number of nitriles is 1. The summed E-state index contributed by atoms with van der Waals surface area (Å²) in [5.74, 6) is -0.0897. The Morgan fingerprint density at radius 2 is 1.92 bits per heavy atom.